The first-order valence-electron chi connectivity index (χ1n) is 6.97. The second-order valence-corrected chi connectivity index (χ2v) is 4.52. The van der Waals surface area contributed by atoms with Gasteiger partial charge in [0.05, 0.1) is 11.7 Å². The van der Waals surface area contributed by atoms with Crippen LogP contribution in [0.1, 0.15) is 52.5 Å². The Kier molecular flexibility index (Phi) is 6.47. The summed E-state index contributed by atoms with van der Waals surface area (Å²) in [7, 11) is 0. The van der Waals surface area contributed by atoms with Crippen molar-refractivity contribution in [2.75, 3.05) is 11.9 Å². The molecule has 1 unspecified atom stereocenters. The molecule has 4 nitrogen and oxygen atoms in total. The van der Waals surface area contributed by atoms with Crippen molar-refractivity contribution in [3.05, 3.63) is 11.9 Å². The van der Waals surface area contributed by atoms with Crippen molar-refractivity contribution in [2.45, 2.75) is 59.5 Å². The van der Waals surface area contributed by atoms with E-state index in [0.29, 0.717) is 0 Å². The molecule has 1 rings (SSSR count). The van der Waals surface area contributed by atoms with E-state index in [4.69, 9.17) is 4.74 Å². The SMILES string of the molecule is CCCNc1ncnc(OC(C)CC)c1CCC. The van der Waals surface area contributed by atoms with E-state index in [9.17, 15) is 0 Å². The van der Waals surface area contributed by atoms with Crippen LogP contribution in [0.25, 0.3) is 0 Å². The van der Waals surface area contributed by atoms with Crippen molar-refractivity contribution in [3.63, 3.8) is 0 Å². The fourth-order valence-electron chi connectivity index (χ4n) is 1.64. The highest BCUT2D eigenvalue weighted by Crippen LogP contribution is 2.24. The molecular formula is C14H25N3O. The Hall–Kier alpha value is -1.32. The standard InChI is InChI=1S/C14H25N3O/c1-5-8-12-13(15-9-6-2)16-10-17-14(12)18-11(4)7-3/h10-11H,5-9H2,1-4H3,(H,15,16,17). The largest absolute Gasteiger partial charge is 0.474 e. The zero-order valence-electron chi connectivity index (χ0n) is 12.0. The summed E-state index contributed by atoms with van der Waals surface area (Å²) in [6.07, 6.45) is 5.83. The van der Waals surface area contributed by atoms with Gasteiger partial charge in [-0.25, -0.2) is 9.97 Å². The molecule has 102 valence electrons. The van der Waals surface area contributed by atoms with Crippen LogP contribution in [0.4, 0.5) is 5.82 Å². The van der Waals surface area contributed by atoms with Gasteiger partial charge in [0.15, 0.2) is 0 Å². The zero-order chi connectivity index (χ0) is 13.4. The van der Waals surface area contributed by atoms with E-state index in [2.05, 4.69) is 43.0 Å². The van der Waals surface area contributed by atoms with Gasteiger partial charge in [0.25, 0.3) is 0 Å². The van der Waals surface area contributed by atoms with Crippen molar-refractivity contribution in [1.82, 2.24) is 9.97 Å². The minimum Gasteiger partial charge on any atom is -0.474 e. The molecule has 18 heavy (non-hydrogen) atoms. The number of hydrogen-bond donors (Lipinski definition) is 1. The van der Waals surface area contributed by atoms with Gasteiger partial charge in [-0.1, -0.05) is 27.2 Å². The van der Waals surface area contributed by atoms with Crippen LogP contribution in [0.3, 0.4) is 0 Å². The molecule has 0 aromatic carbocycles. The zero-order valence-corrected chi connectivity index (χ0v) is 12.0. The van der Waals surface area contributed by atoms with Gasteiger partial charge in [0, 0.05) is 6.54 Å². The van der Waals surface area contributed by atoms with Gasteiger partial charge in [0.1, 0.15) is 12.1 Å². The number of ether oxygens (including phenoxy) is 1. The predicted octanol–water partition coefficient (Wildman–Crippen LogP) is 3.43. The molecule has 0 aliphatic heterocycles. The van der Waals surface area contributed by atoms with Crippen molar-refractivity contribution in [3.8, 4) is 5.88 Å². The Morgan fingerprint density at radius 1 is 1.22 bits per heavy atom. The maximum atomic E-state index is 5.88. The average Bonchev–Trinajstić information content (AvgIpc) is 2.39. The molecule has 0 fully saturated rings. The van der Waals surface area contributed by atoms with E-state index in [1.165, 1.54) is 0 Å². The van der Waals surface area contributed by atoms with Crippen molar-refractivity contribution < 1.29 is 4.74 Å². The number of nitrogens with one attached hydrogen (secondary N) is 1. The molecule has 0 saturated carbocycles. The van der Waals surface area contributed by atoms with Crippen LogP contribution in [0, 0.1) is 0 Å². The van der Waals surface area contributed by atoms with Gasteiger partial charge in [-0.05, 0) is 26.2 Å². The lowest BCUT2D eigenvalue weighted by molar-refractivity contribution is 0.206. The molecule has 0 aliphatic carbocycles. The Morgan fingerprint density at radius 3 is 2.61 bits per heavy atom. The summed E-state index contributed by atoms with van der Waals surface area (Å²) in [6, 6.07) is 0. The van der Waals surface area contributed by atoms with Crippen molar-refractivity contribution in [1.29, 1.82) is 0 Å². The minimum absolute atomic E-state index is 0.189. The van der Waals surface area contributed by atoms with Gasteiger partial charge in [-0.15, -0.1) is 0 Å². The fraction of sp³-hybridized carbons (Fsp3) is 0.714. The summed E-state index contributed by atoms with van der Waals surface area (Å²) in [5.74, 6) is 1.66. The molecule has 0 bridgehead atoms. The van der Waals surface area contributed by atoms with Crippen LogP contribution in [-0.4, -0.2) is 22.6 Å². The third-order valence-electron chi connectivity index (χ3n) is 2.84. The maximum Gasteiger partial charge on any atom is 0.222 e. The first-order chi connectivity index (χ1) is 8.72. The van der Waals surface area contributed by atoms with Gasteiger partial charge in [-0.3, -0.25) is 0 Å². The first-order valence-corrected chi connectivity index (χ1v) is 6.97. The fourth-order valence-corrected chi connectivity index (χ4v) is 1.64. The normalized spacial score (nSPS) is 12.2. The highest BCUT2D eigenvalue weighted by molar-refractivity contribution is 5.48. The molecule has 1 heterocycles. The second-order valence-electron chi connectivity index (χ2n) is 4.52. The Labute approximate surface area is 110 Å². The number of rotatable bonds is 8. The topological polar surface area (TPSA) is 47.0 Å². The number of anilines is 1. The Bertz CT molecular complexity index is 355. The second kappa shape index (κ2) is 7.90. The maximum absolute atomic E-state index is 5.88. The van der Waals surface area contributed by atoms with Crippen LogP contribution in [-0.2, 0) is 6.42 Å². The molecule has 0 radical (unpaired) electrons. The highest BCUT2D eigenvalue weighted by Gasteiger charge is 2.13. The first kappa shape index (κ1) is 14.7. The highest BCUT2D eigenvalue weighted by atomic mass is 16.5. The molecule has 4 heteroatoms. The number of nitrogens with zero attached hydrogens (tertiary/aromatic N) is 2. The van der Waals surface area contributed by atoms with E-state index in [-0.39, 0.29) is 6.10 Å². The summed E-state index contributed by atoms with van der Waals surface area (Å²) in [5, 5.41) is 3.35. The lowest BCUT2D eigenvalue weighted by atomic mass is 10.1. The molecule has 1 aromatic heterocycles. The molecule has 0 spiro atoms. The molecular weight excluding hydrogens is 226 g/mol. The average molecular weight is 251 g/mol. The van der Waals surface area contributed by atoms with E-state index in [1.54, 1.807) is 6.33 Å². The monoisotopic (exact) mass is 251 g/mol. The van der Waals surface area contributed by atoms with Crippen LogP contribution >= 0.6 is 0 Å². The lowest BCUT2D eigenvalue weighted by Crippen LogP contribution is -2.14. The lowest BCUT2D eigenvalue weighted by Gasteiger charge is -2.17. The smallest absolute Gasteiger partial charge is 0.222 e. The van der Waals surface area contributed by atoms with Crippen LogP contribution in [0.15, 0.2) is 6.33 Å². The van der Waals surface area contributed by atoms with E-state index < -0.39 is 0 Å². The van der Waals surface area contributed by atoms with Crippen LogP contribution in [0.5, 0.6) is 5.88 Å². The van der Waals surface area contributed by atoms with Gasteiger partial charge < -0.3 is 10.1 Å². The number of hydrogen-bond acceptors (Lipinski definition) is 4. The number of aromatic nitrogens is 2. The summed E-state index contributed by atoms with van der Waals surface area (Å²) >= 11 is 0. The summed E-state index contributed by atoms with van der Waals surface area (Å²) < 4.78 is 5.88. The molecule has 0 saturated heterocycles. The summed E-state index contributed by atoms with van der Waals surface area (Å²) in [5.41, 5.74) is 1.11. The third kappa shape index (κ3) is 4.17. The molecule has 1 atom stereocenters. The van der Waals surface area contributed by atoms with E-state index in [1.807, 2.05) is 0 Å². The van der Waals surface area contributed by atoms with Crippen LogP contribution < -0.4 is 10.1 Å². The minimum atomic E-state index is 0.189. The Balaban J connectivity index is 2.92. The molecule has 1 N–H and O–H groups in total. The summed E-state index contributed by atoms with van der Waals surface area (Å²) in [6.45, 7) is 9.41. The molecule has 1 aromatic rings. The van der Waals surface area contributed by atoms with Crippen LogP contribution in [0.2, 0.25) is 0 Å². The third-order valence-corrected chi connectivity index (χ3v) is 2.84. The molecule has 0 amide bonds. The van der Waals surface area contributed by atoms with E-state index in [0.717, 1.165) is 49.5 Å². The van der Waals surface area contributed by atoms with E-state index >= 15 is 0 Å². The van der Waals surface area contributed by atoms with Crippen molar-refractivity contribution in [2.24, 2.45) is 0 Å². The molecule has 0 aliphatic rings. The van der Waals surface area contributed by atoms with Crippen molar-refractivity contribution >= 4 is 5.82 Å². The summed E-state index contributed by atoms with van der Waals surface area (Å²) in [4.78, 5) is 8.61. The Morgan fingerprint density at radius 2 is 2.00 bits per heavy atom. The van der Waals surface area contributed by atoms with Gasteiger partial charge in [-0.2, -0.15) is 0 Å². The van der Waals surface area contributed by atoms with Gasteiger partial charge >= 0.3 is 0 Å². The quantitative estimate of drug-likeness (QED) is 0.769. The van der Waals surface area contributed by atoms with Gasteiger partial charge in [0.2, 0.25) is 5.88 Å². The predicted molar refractivity (Wildman–Crippen MR) is 75.2 cm³/mol.